The van der Waals surface area contributed by atoms with Gasteiger partial charge < -0.3 is 74.7 Å². The molecule has 11 N–H and O–H groups in total. The van der Waals surface area contributed by atoms with Gasteiger partial charge in [0.2, 0.25) is 18.2 Å². The predicted molar refractivity (Wildman–Crippen MR) is 124 cm³/mol. The van der Waals surface area contributed by atoms with E-state index in [0.29, 0.717) is 5.90 Å². The Morgan fingerprint density at radius 2 is 1.40 bits per heavy atom. The number of rotatable bonds is 8. The number of ether oxygens (including phenoxy) is 5. The minimum Gasteiger partial charge on any atom is -0.394 e. The van der Waals surface area contributed by atoms with Gasteiger partial charge in [-0.2, -0.15) is 0 Å². The molecule has 0 aromatic rings. The lowest BCUT2D eigenvalue weighted by atomic mass is 9.94. The molecular weight excluding hydrogens is 546 g/mol. The van der Waals surface area contributed by atoms with Crippen LogP contribution in [0.25, 0.3) is 0 Å². The summed E-state index contributed by atoms with van der Waals surface area (Å²) in [6.07, 6.45) is -18.8. The van der Waals surface area contributed by atoms with E-state index < -0.39 is 118 Å². The lowest BCUT2D eigenvalue weighted by Gasteiger charge is -2.49. The Kier molecular flexibility index (Phi) is 10.3. The van der Waals surface area contributed by atoms with Crippen LogP contribution in [-0.2, 0) is 33.3 Å². The van der Waals surface area contributed by atoms with E-state index in [1.54, 1.807) is 6.92 Å². The molecule has 0 spiro atoms. The average molecular weight is 585 g/mol. The quantitative estimate of drug-likeness (QED) is 0.126. The zero-order valence-corrected chi connectivity index (χ0v) is 21.7. The molecule has 4 aliphatic rings. The van der Waals surface area contributed by atoms with Gasteiger partial charge >= 0.3 is 5.90 Å². The Morgan fingerprint density at radius 1 is 0.825 bits per heavy atom. The van der Waals surface area contributed by atoms with Crippen LogP contribution < -0.4 is 15.8 Å². The zero-order valence-electron chi connectivity index (χ0n) is 21.7. The number of hydrogen-bond acceptors (Lipinski definition) is 16. The number of fused-ring (bicyclic) bond motifs is 1. The second-order valence-electron chi connectivity index (χ2n) is 10.1. The maximum atomic E-state index is 12.0. The van der Waals surface area contributed by atoms with Crippen LogP contribution in [0.1, 0.15) is 13.8 Å². The molecule has 18 heteroatoms. The van der Waals surface area contributed by atoms with Crippen LogP contribution in [0.4, 0.5) is 0 Å². The average Bonchev–Trinajstić information content (AvgIpc) is 2.93. The van der Waals surface area contributed by atoms with E-state index in [4.69, 9.17) is 28.5 Å². The lowest BCUT2D eigenvalue weighted by molar-refractivity contribution is -0.573. The largest absolute Gasteiger partial charge is 0.394 e. The Balaban J connectivity index is 1.55. The van der Waals surface area contributed by atoms with Gasteiger partial charge in [-0.1, -0.05) is 0 Å². The summed E-state index contributed by atoms with van der Waals surface area (Å²) >= 11 is 0. The highest BCUT2D eigenvalue weighted by Crippen LogP contribution is 2.32. The first-order valence-corrected chi connectivity index (χ1v) is 12.8. The van der Waals surface area contributed by atoms with Gasteiger partial charge in [-0.05, 0) is 0 Å². The Hall–Kier alpha value is -1.62. The molecule has 3 saturated heterocycles. The van der Waals surface area contributed by atoms with Crippen molar-refractivity contribution in [2.24, 2.45) is 0 Å². The van der Waals surface area contributed by atoms with E-state index in [2.05, 4.69) is 15.8 Å². The van der Waals surface area contributed by atoms with Crippen molar-refractivity contribution in [3.8, 4) is 0 Å². The van der Waals surface area contributed by atoms with Gasteiger partial charge in [-0.25, -0.2) is 4.99 Å². The minimum absolute atomic E-state index is 0.332. The smallest absolute Gasteiger partial charge is 0.350 e. The third-order valence-electron chi connectivity index (χ3n) is 7.25. The number of hydroxylamine groups is 1. The van der Waals surface area contributed by atoms with Crippen LogP contribution >= 0.6 is 0 Å². The highest BCUT2D eigenvalue weighted by Gasteiger charge is 2.56. The van der Waals surface area contributed by atoms with Crippen molar-refractivity contribution in [2.45, 2.75) is 106 Å². The molecule has 230 valence electrons. The van der Waals surface area contributed by atoms with E-state index in [9.17, 15) is 45.6 Å². The first-order valence-electron chi connectivity index (χ1n) is 12.8. The summed E-state index contributed by atoms with van der Waals surface area (Å²) < 4.78 is 28.5. The maximum Gasteiger partial charge on any atom is 0.350 e. The highest BCUT2D eigenvalue weighted by molar-refractivity contribution is 5.73. The fourth-order valence-corrected chi connectivity index (χ4v) is 5.17. The van der Waals surface area contributed by atoms with Gasteiger partial charge in [0, 0.05) is 6.92 Å². The molecule has 0 bridgehead atoms. The van der Waals surface area contributed by atoms with Gasteiger partial charge in [-0.15, -0.1) is 5.48 Å². The van der Waals surface area contributed by atoms with Crippen LogP contribution in [0, 0.1) is 0 Å². The van der Waals surface area contributed by atoms with Crippen molar-refractivity contribution in [3.05, 3.63) is 0 Å². The Labute approximate surface area is 228 Å². The molecular formula is C22H38N3O15+. The van der Waals surface area contributed by atoms with Crippen molar-refractivity contribution in [1.82, 2.24) is 10.8 Å². The van der Waals surface area contributed by atoms with Gasteiger partial charge in [0.15, 0.2) is 12.6 Å². The molecule has 0 aromatic carbocycles. The van der Waals surface area contributed by atoms with Gasteiger partial charge in [0.05, 0.1) is 26.7 Å². The molecule has 0 aliphatic carbocycles. The number of aliphatic hydroxyl groups excluding tert-OH is 8. The molecule has 4 heterocycles. The number of nitrogens with one attached hydrogen (secondary N) is 3. The van der Waals surface area contributed by atoms with E-state index in [-0.39, 0.29) is 0 Å². The summed E-state index contributed by atoms with van der Waals surface area (Å²) in [5.41, 5.74) is 2.60. The molecule has 3 fully saturated rings. The monoisotopic (exact) mass is 584 g/mol. The minimum atomic E-state index is -1.81. The molecule has 0 aromatic heterocycles. The van der Waals surface area contributed by atoms with Crippen molar-refractivity contribution in [3.63, 3.8) is 0 Å². The summed E-state index contributed by atoms with van der Waals surface area (Å²) in [5.74, 6) is -0.283. The van der Waals surface area contributed by atoms with Crippen molar-refractivity contribution < 1.29 is 79.2 Å². The molecule has 4 rings (SSSR count). The number of amides is 1. The molecule has 0 radical (unpaired) electrons. The number of carbonyl (C=O) groups is 1. The standard InChI is InChI=1S/C22H37N3O15/c1-6(29)23-12-15(32)19(39-22-17(34)16(33)13(30)8(3-26)36-22)10(5-28)37-21(12)38-18-9(4-27)35-20-11(14(18)31)24-7(2)40-25-20/h8-22,25-28,30-34H,3-5H2,1-2H3,(H,23,29)/p+1/t8-,9-,10-,11-,12-,13-,14-,15-,16+,17+,18-,19-,20-,21+,22+/m1/s1. The SMILES string of the molecule is CC(=O)N[C@H]1[C@H](O[C@H]2[C@H](O)[C@H]3[NH+]=C(C)ON[C@@H]3O[C@@H]2CO)O[C@H](CO)[C@@H](O[C@@H]2O[C@H](CO)[C@@H](O)[C@H](O)[C@@H]2O)[C@@H]1O. The van der Waals surface area contributed by atoms with Crippen LogP contribution in [0.3, 0.4) is 0 Å². The Bertz CT molecular complexity index is 898. The normalized spacial score (nSPS) is 47.5. The van der Waals surface area contributed by atoms with Gasteiger partial charge in [-0.3, -0.25) is 4.79 Å². The summed E-state index contributed by atoms with van der Waals surface area (Å²) in [6.45, 7) is 0.669. The third-order valence-corrected chi connectivity index (χ3v) is 7.25. The van der Waals surface area contributed by atoms with Gasteiger partial charge in [0.1, 0.15) is 67.1 Å². The second-order valence-corrected chi connectivity index (χ2v) is 10.1. The number of carbonyl (C=O) groups excluding carboxylic acids is 1. The summed E-state index contributed by atoms with van der Waals surface area (Å²) in [4.78, 5) is 20.1. The Morgan fingerprint density at radius 3 is 2.02 bits per heavy atom. The first-order chi connectivity index (χ1) is 19.0. The van der Waals surface area contributed by atoms with E-state index >= 15 is 0 Å². The predicted octanol–water partition coefficient (Wildman–Crippen LogP) is -8.38. The van der Waals surface area contributed by atoms with Crippen molar-refractivity contribution in [1.29, 1.82) is 0 Å². The summed E-state index contributed by atoms with van der Waals surface area (Å²) in [6, 6.07) is -2.17. The summed E-state index contributed by atoms with van der Waals surface area (Å²) in [5, 5.41) is 84.7. The second kappa shape index (κ2) is 13.1. The van der Waals surface area contributed by atoms with E-state index in [1.165, 1.54) is 0 Å². The topological polar surface area (TPSA) is 272 Å². The highest BCUT2D eigenvalue weighted by atomic mass is 16.7. The van der Waals surface area contributed by atoms with E-state index in [1.807, 2.05) is 0 Å². The first kappa shape index (κ1) is 31.3. The third kappa shape index (κ3) is 6.25. The summed E-state index contributed by atoms with van der Waals surface area (Å²) in [7, 11) is 0. The van der Waals surface area contributed by atoms with Crippen LogP contribution in [0.5, 0.6) is 0 Å². The molecule has 40 heavy (non-hydrogen) atoms. The van der Waals surface area contributed by atoms with E-state index in [0.717, 1.165) is 6.92 Å². The zero-order chi connectivity index (χ0) is 29.3. The van der Waals surface area contributed by atoms with Crippen molar-refractivity contribution in [2.75, 3.05) is 19.8 Å². The molecule has 0 saturated carbocycles. The fourth-order valence-electron chi connectivity index (χ4n) is 5.17. The van der Waals surface area contributed by atoms with Crippen molar-refractivity contribution >= 4 is 11.8 Å². The van der Waals surface area contributed by atoms with Crippen LogP contribution in [0.2, 0.25) is 0 Å². The maximum absolute atomic E-state index is 12.0. The number of hydrogen-bond donors (Lipinski definition) is 11. The number of aliphatic hydroxyl groups is 8. The molecule has 4 aliphatic heterocycles. The molecule has 15 atom stereocenters. The molecule has 18 nitrogen and oxygen atoms in total. The van der Waals surface area contributed by atoms with Crippen LogP contribution in [0.15, 0.2) is 0 Å². The molecule has 1 amide bonds. The molecule has 0 unspecified atom stereocenters. The van der Waals surface area contributed by atoms with Gasteiger partial charge in [0.25, 0.3) is 0 Å². The van der Waals surface area contributed by atoms with Crippen LogP contribution in [-0.4, -0.2) is 164 Å². The lowest BCUT2D eigenvalue weighted by Crippen LogP contribution is -2.93. The fraction of sp³-hybridized carbons (Fsp3) is 0.909.